The number of aromatic nitrogens is 2. The van der Waals surface area contributed by atoms with E-state index in [4.69, 9.17) is 0 Å². The number of alkyl halides is 3. The third kappa shape index (κ3) is 3.89. The predicted octanol–water partition coefficient (Wildman–Crippen LogP) is 4.29. The van der Waals surface area contributed by atoms with Crippen molar-refractivity contribution in [2.24, 2.45) is 5.92 Å². The Labute approximate surface area is 149 Å². The number of carbonyl (C=O) groups is 1. The maximum Gasteiger partial charge on any atom is 0.471 e. The molecule has 140 valence electrons. The zero-order chi connectivity index (χ0) is 18.9. The molecular weight excluding hydrogens is 347 g/mol. The Hall–Kier alpha value is -2.38. The lowest BCUT2D eigenvalue weighted by Gasteiger charge is -2.34. The van der Waals surface area contributed by atoms with Gasteiger partial charge in [-0.25, -0.2) is 0 Å². The van der Waals surface area contributed by atoms with Crippen LogP contribution in [0.25, 0.3) is 11.4 Å². The van der Waals surface area contributed by atoms with Crippen molar-refractivity contribution in [3.63, 3.8) is 0 Å². The zero-order valence-corrected chi connectivity index (χ0v) is 14.6. The lowest BCUT2D eigenvalue weighted by atomic mass is 9.84. The molecule has 0 saturated heterocycles. The van der Waals surface area contributed by atoms with E-state index < -0.39 is 12.1 Å². The molecule has 26 heavy (non-hydrogen) atoms. The fourth-order valence-corrected chi connectivity index (χ4v) is 2.82. The predicted molar refractivity (Wildman–Crippen MR) is 87.8 cm³/mol. The van der Waals surface area contributed by atoms with Gasteiger partial charge in [0.1, 0.15) is 0 Å². The van der Waals surface area contributed by atoms with E-state index in [9.17, 15) is 18.0 Å². The van der Waals surface area contributed by atoms with Crippen molar-refractivity contribution >= 4 is 5.91 Å². The summed E-state index contributed by atoms with van der Waals surface area (Å²) in [6.45, 7) is 4.42. The molecule has 1 aliphatic rings. The molecule has 0 N–H and O–H groups in total. The fourth-order valence-electron chi connectivity index (χ4n) is 2.82. The van der Waals surface area contributed by atoms with E-state index in [0.29, 0.717) is 12.1 Å². The molecule has 1 aromatic carbocycles. The van der Waals surface area contributed by atoms with E-state index in [1.54, 1.807) is 24.3 Å². The summed E-state index contributed by atoms with van der Waals surface area (Å²) in [5, 5.41) is 3.37. The van der Waals surface area contributed by atoms with Gasteiger partial charge in [-0.05, 0) is 32.3 Å². The van der Waals surface area contributed by atoms with Crippen molar-refractivity contribution in [3.8, 4) is 11.4 Å². The van der Waals surface area contributed by atoms with Gasteiger partial charge in [-0.3, -0.25) is 4.79 Å². The van der Waals surface area contributed by atoms with E-state index in [0.717, 1.165) is 24.8 Å². The average Bonchev–Trinajstić information content (AvgIpc) is 3.01. The van der Waals surface area contributed by atoms with Crippen LogP contribution in [0, 0.1) is 5.92 Å². The van der Waals surface area contributed by atoms with Crippen molar-refractivity contribution in [3.05, 3.63) is 35.7 Å². The molecule has 8 heteroatoms. The Balaban J connectivity index is 1.72. The molecule has 2 aromatic rings. The fraction of sp³-hybridized carbons (Fsp3) is 0.500. The SMILES string of the molecule is CC(C)N(Cc1ccc(-c2noc(C(F)(F)F)n2)cc1)C(=O)C1CCC1. The number of rotatable bonds is 5. The number of hydrogen-bond acceptors (Lipinski definition) is 4. The molecule has 0 atom stereocenters. The van der Waals surface area contributed by atoms with Crippen molar-refractivity contribution in [1.82, 2.24) is 15.0 Å². The molecule has 0 radical (unpaired) electrons. The molecule has 1 aliphatic carbocycles. The highest BCUT2D eigenvalue weighted by Crippen LogP contribution is 2.31. The van der Waals surface area contributed by atoms with Crippen LogP contribution in [0.5, 0.6) is 0 Å². The first-order valence-electron chi connectivity index (χ1n) is 8.56. The van der Waals surface area contributed by atoms with Crippen LogP contribution in [0.2, 0.25) is 0 Å². The Bertz CT molecular complexity index is 765. The van der Waals surface area contributed by atoms with Crippen molar-refractivity contribution in [1.29, 1.82) is 0 Å². The second kappa shape index (κ2) is 7.09. The van der Waals surface area contributed by atoms with E-state index in [-0.39, 0.29) is 23.7 Å². The van der Waals surface area contributed by atoms with Gasteiger partial charge in [-0.15, -0.1) is 0 Å². The third-order valence-electron chi connectivity index (χ3n) is 4.59. The van der Waals surface area contributed by atoms with Crippen LogP contribution in [0.15, 0.2) is 28.8 Å². The van der Waals surface area contributed by atoms with E-state index in [1.165, 1.54) is 0 Å². The standard InChI is InChI=1S/C18H20F3N3O2/c1-11(2)24(16(25)14-4-3-5-14)10-12-6-8-13(9-7-12)15-22-17(26-23-15)18(19,20)21/h6-9,11,14H,3-5,10H2,1-2H3. The van der Waals surface area contributed by atoms with Gasteiger partial charge < -0.3 is 9.42 Å². The number of nitrogens with zero attached hydrogens (tertiary/aromatic N) is 3. The van der Waals surface area contributed by atoms with E-state index in [1.807, 2.05) is 18.7 Å². The molecule has 0 aliphatic heterocycles. The maximum absolute atomic E-state index is 12.5. The summed E-state index contributed by atoms with van der Waals surface area (Å²) in [6, 6.07) is 6.87. The van der Waals surface area contributed by atoms with Crippen LogP contribution >= 0.6 is 0 Å². The highest BCUT2D eigenvalue weighted by molar-refractivity contribution is 5.79. The Morgan fingerprint density at radius 1 is 1.27 bits per heavy atom. The summed E-state index contributed by atoms with van der Waals surface area (Å²) in [6.07, 6.45) is -1.67. The second-order valence-corrected chi connectivity index (χ2v) is 6.81. The molecule has 1 saturated carbocycles. The van der Waals surface area contributed by atoms with Crippen LogP contribution in [0.3, 0.4) is 0 Å². The molecule has 0 unspecified atom stereocenters. The highest BCUT2D eigenvalue weighted by atomic mass is 19.4. The summed E-state index contributed by atoms with van der Waals surface area (Å²) in [4.78, 5) is 17.8. The number of benzene rings is 1. The molecular formula is C18H20F3N3O2. The lowest BCUT2D eigenvalue weighted by Crippen LogP contribution is -2.42. The van der Waals surface area contributed by atoms with Crippen molar-refractivity contribution in [2.45, 2.75) is 51.9 Å². The molecule has 1 heterocycles. The maximum atomic E-state index is 12.5. The minimum Gasteiger partial charge on any atom is -0.336 e. The molecule has 0 bridgehead atoms. The zero-order valence-electron chi connectivity index (χ0n) is 14.6. The summed E-state index contributed by atoms with van der Waals surface area (Å²) < 4.78 is 41.9. The largest absolute Gasteiger partial charge is 0.471 e. The van der Waals surface area contributed by atoms with Gasteiger partial charge in [0.25, 0.3) is 0 Å². The number of halogens is 3. The molecule has 1 aromatic heterocycles. The second-order valence-electron chi connectivity index (χ2n) is 6.81. The monoisotopic (exact) mass is 367 g/mol. The number of amides is 1. The van der Waals surface area contributed by atoms with E-state index >= 15 is 0 Å². The summed E-state index contributed by atoms with van der Waals surface area (Å²) in [5.74, 6) is -1.19. The Morgan fingerprint density at radius 3 is 2.38 bits per heavy atom. The van der Waals surface area contributed by atoms with Gasteiger partial charge in [-0.1, -0.05) is 35.8 Å². The van der Waals surface area contributed by atoms with Crippen LogP contribution in [0.4, 0.5) is 13.2 Å². The Morgan fingerprint density at radius 2 is 1.92 bits per heavy atom. The minimum absolute atomic E-state index is 0.0781. The summed E-state index contributed by atoms with van der Waals surface area (Å²) >= 11 is 0. The van der Waals surface area contributed by atoms with Gasteiger partial charge in [0.15, 0.2) is 0 Å². The van der Waals surface area contributed by atoms with Crippen LogP contribution in [-0.2, 0) is 17.5 Å². The quantitative estimate of drug-likeness (QED) is 0.791. The minimum atomic E-state index is -4.66. The van der Waals surface area contributed by atoms with Crippen LogP contribution in [-0.4, -0.2) is 27.0 Å². The van der Waals surface area contributed by atoms with Crippen LogP contribution < -0.4 is 0 Å². The topological polar surface area (TPSA) is 59.2 Å². The highest BCUT2D eigenvalue weighted by Gasteiger charge is 2.38. The first kappa shape index (κ1) is 18.4. The molecule has 3 rings (SSSR count). The first-order chi connectivity index (χ1) is 12.3. The van der Waals surface area contributed by atoms with E-state index in [2.05, 4.69) is 14.7 Å². The summed E-state index contributed by atoms with van der Waals surface area (Å²) in [5.41, 5.74) is 1.32. The van der Waals surface area contributed by atoms with Gasteiger partial charge in [-0.2, -0.15) is 18.2 Å². The third-order valence-corrected chi connectivity index (χ3v) is 4.59. The number of hydrogen-bond donors (Lipinski definition) is 0. The Kier molecular flexibility index (Phi) is 5.02. The van der Waals surface area contributed by atoms with Gasteiger partial charge in [0.2, 0.25) is 11.7 Å². The van der Waals surface area contributed by atoms with Gasteiger partial charge in [0.05, 0.1) is 0 Å². The van der Waals surface area contributed by atoms with Gasteiger partial charge >= 0.3 is 12.1 Å². The molecule has 1 amide bonds. The number of carbonyl (C=O) groups excluding carboxylic acids is 1. The molecule has 1 fully saturated rings. The smallest absolute Gasteiger partial charge is 0.336 e. The van der Waals surface area contributed by atoms with Gasteiger partial charge in [0, 0.05) is 24.1 Å². The average molecular weight is 367 g/mol. The van der Waals surface area contributed by atoms with Crippen LogP contribution in [0.1, 0.15) is 44.6 Å². The normalized spacial score (nSPS) is 15.2. The molecule has 5 nitrogen and oxygen atoms in total. The first-order valence-corrected chi connectivity index (χ1v) is 8.56. The molecule has 0 spiro atoms. The van der Waals surface area contributed by atoms with Crippen molar-refractivity contribution < 1.29 is 22.5 Å². The van der Waals surface area contributed by atoms with Crippen molar-refractivity contribution in [2.75, 3.05) is 0 Å². The summed E-state index contributed by atoms with van der Waals surface area (Å²) in [7, 11) is 0. The lowest BCUT2D eigenvalue weighted by molar-refractivity contribution is -0.159.